The minimum absolute atomic E-state index is 0.121. The van der Waals surface area contributed by atoms with Crippen LogP contribution in [0.3, 0.4) is 0 Å². The third-order valence-electron chi connectivity index (χ3n) is 4.68. The highest BCUT2D eigenvalue weighted by atomic mass is 79.9. The number of aromatic hydroxyl groups is 1. The molecule has 2 aromatic heterocycles. The van der Waals surface area contributed by atoms with Gasteiger partial charge >= 0.3 is 0 Å². The van der Waals surface area contributed by atoms with Crippen LogP contribution in [0.4, 0.5) is 10.8 Å². The van der Waals surface area contributed by atoms with Crippen molar-refractivity contribution in [3.63, 3.8) is 0 Å². The Hall–Kier alpha value is -3.28. The minimum atomic E-state index is -1.63. The Morgan fingerprint density at radius 2 is 1.91 bits per heavy atom. The number of rotatable bonds is 7. The van der Waals surface area contributed by atoms with E-state index in [1.54, 1.807) is 42.6 Å². The Bertz CT molecular complexity index is 1380. The Balaban J connectivity index is 1.59. The maximum atomic E-state index is 13.1. The molecule has 3 N–H and O–H groups in total. The van der Waals surface area contributed by atoms with Gasteiger partial charge in [0.05, 0.1) is 17.7 Å². The second-order valence-electron chi connectivity index (χ2n) is 7.03. The van der Waals surface area contributed by atoms with E-state index in [4.69, 9.17) is 4.74 Å². The molecule has 0 saturated heterocycles. The van der Waals surface area contributed by atoms with Gasteiger partial charge in [0.25, 0.3) is 5.91 Å². The molecule has 11 heteroatoms. The van der Waals surface area contributed by atoms with Crippen LogP contribution in [0.2, 0.25) is 0 Å². The molecule has 0 spiro atoms. The van der Waals surface area contributed by atoms with Gasteiger partial charge in [-0.1, -0.05) is 27.3 Å². The van der Waals surface area contributed by atoms with Crippen molar-refractivity contribution in [1.82, 2.24) is 9.97 Å². The van der Waals surface area contributed by atoms with Crippen LogP contribution in [-0.2, 0) is 11.0 Å². The number of benzene rings is 2. The van der Waals surface area contributed by atoms with E-state index in [2.05, 4.69) is 35.9 Å². The highest BCUT2D eigenvalue weighted by molar-refractivity contribution is 9.10. The monoisotopic (exact) mass is 558 g/mol. The lowest BCUT2D eigenvalue weighted by atomic mass is 10.1. The molecule has 34 heavy (non-hydrogen) atoms. The first kappa shape index (κ1) is 23.9. The van der Waals surface area contributed by atoms with Crippen molar-refractivity contribution in [3.8, 4) is 21.9 Å². The first-order chi connectivity index (χ1) is 16.3. The van der Waals surface area contributed by atoms with E-state index in [-0.39, 0.29) is 17.4 Å². The highest BCUT2D eigenvalue weighted by Gasteiger charge is 2.18. The summed E-state index contributed by atoms with van der Waals surface area (Å²) in [5.41, 5.74) is 2.36. The van der Waals surface area contributed by atoms with Crippen LogP contribution in [0.25, 0.3) is 10.4 Å². The fourth-order valence-corrected chi connectivity index (χ4v) is 5.38. The fraction of sp³-hybridized carbons (Fsp3) is 0.0870. The van der Waals surface area contributed by atoms with E-state index < -0.39 is 11.0 Å². The van der Waals surface area contributed by atoms with Gasteiger partial charge < -0.3 is 14.6 Å². The van der Waals surface area contributed by atoms with Crippen LogP contribution in [0.1, 0.15) is 16.2 Å². The molecular formula is C23H19BrN4O4S2. The number of halogens is 1. The van der Waals surface area contributed by atoms with Crippen molar-refractivity contribution < 1.29 is 18.8 Å². The molecule has 1 amide bonds. The lowest BCUT2D eigenvalue weighted by Crippen LogP contribution is -2.13. The van der Waals surface area contributed by atoms with Gasteiger partial charge in [-0.15, -0.1) is 0 Å². The molecule has 2 aromatic carbocycles. The predicted octanol–water partition coefficient (Wildman–Crippen LogP) is 5.38. The molecule has 0 aliphatic rings. The van der Waals surface area contributed by atoms with E-state index in [1.165, 1.54) is 30.6 Å². The summed E-state index contributed by atoms with van der Waals surface area (Å²) in [6.07, 6.45) is 1.54. The zero-order valence-corrected chi connectivity index (χ0v) is 21.3. The number of nitrogens with one attached hydrogen (secondary N) is 2. The number of pyridine rings is 1. The number of ether oxygens (including phenoxy) is 1. The summed E-state index contributed by atoms with van der Waals surface area (Å²) in [7, 11) is -0.116. The third kappa shape index (κ3) is 5.44. The van der Waals surface area contributed by atoms with Crippen molar-refractivity contribution in [3.05, 3.63) is 76.7 Å². The molecule has 0 aliphatic carbocycles. The van der Waals surface area contributed by atoms with Crippen molar-refractivity contribution in [2.24, 2.45) is 0 Å². The smallest absolute Gasteiger partial charge is 0.276 e. The molecule has 4 rings (SSSR count). The average molecular weight is 559 g/mol. The second kappa shape index (κ2) is 10.3. The normalized spacial score (nSPS) is 11.6. The number of phenols is 1. The summed E-state index contributed by atoms with van der Waals surface area (Å²) in [5, 5.41) is 12.7. The Kier molecular flexibility index (Phi) is 7.25. The number of carbonyl (C=O) groups excluding carboxylic acids is 1. The van der Waals surface area contributed by atoms with Gasteiger partial charge in [0.1, 0.15) is 22.1 Å². The maximum Gasteiger partial charge on any atom is 0.276 e. The zero-order valence-electron chi connectivity index (χ0n) is 18.0. The maximum absolute atomic E-state index is 13.1. The van der Waals surface area contributed by atoms with E-state index in [9.17, 15) is 14.1 Å². The van der Waals surface area contributed by atoms with Gasteiger partial charge in [0.15, 0.2) is 16.1 Å². The molecule has 2 heterocycles. The number of carbonyl (C=O) groups is 1. The van der Waals surface area contributed by atoms with E-state index in [0.29, 0.717) is 21.5 Å². The van der Waals surface area contributed by atoms with Gasteiger partial charge in [0, 0.05) is 16.4 Å². The Labute approximate surface area is 210 Å². The largest absolute Gasteiger partial charge is 0.508 e. The molecular weight excluding hydrogens is 540 g/mol. The number of nitrogens with zero attached hydrogens (tertiary/aromatic N) is 2. The Morgan fingerprint density at radius 3 is 2.62 bits per heavy atom. The zero-order chi connectivity index (χ0) is 24.2. The molecule has 0 saturated carbocycles. The summed E-state index contributed by atoms with van der Waals surface area (Å²) in [6, 6.07) is 15.0. The molecule has 1 unspecified atom stereocenters. The van der Waals surface area contributed by atoms with Gasteiger partial charge in [-0.25, -0.2) is 9.19 Å². The number of aryl methyl sites for hydroxylation is 1. The molecule has 4 aromatic rings. The minimum Gasteiger partial charge on any atom is -0.508 e. The van der Waals surface area contributed by atoms with Gasteiger partial charge in [-0.3, -0.25) is 15.1 Å². The number of thiazole rings is 1. The number of hydrogen-bond acceptors (Lipinski definition) is 7. The fourth-order valence-electron chi connectivity index (χ4n) is 3.06. The predicted molar refractivity (Wildman–Crippen MR) is 137 cm³/mol. The van der Waals surface area contributed by atoms with E-state index in [1.807, 2.05) is 13.0 Å². The van der Waals surface area contributed by atoms with E-state index >= 15 is 0 Å². The van der Waals surface area contributed by atoms with Crippen LogP contribution >= 0.6 is 27.3 Å². The second-order valence-corrected chi connectivity index (χ2v) is 10.1. The lowest BCUT2D eigenvalue weighted by Gasteiger charge is -2.12. The van der Waals surface area contributed by atoms with Crippen molar-refractivity contribution in [2.45, 2.75) is 11.8 Å². The molecule has 0 aliphatic heterocycles. The standard InChI is InChI=1S/C23H19BrN4O4S2/c1-13-21(33-23(26-13)27-22(30)18-12-15(24)9-10-25-18)14-3-8-19(32-2)20(11-14)34(31)28-16-4-6-17(29)7-5-16/h3-12,28-29H,1-2H3,(H,26,27,30). The quantitative estimate of drug-likeness (QED) is 0.262. The average Bonchev–Trinajstić information content (AvgIpc) is 3.19. The SMILES string of the molecule is COc1ccc(-c2sc(NC(=O)c3cc(Br)ccn3)nc2C)cc1S(=O)Nc1ccc(O)cc1. The molecule has 8 nitrogen and oxygen atoms in total. The third-order valence-corrected chi connectivity index (χ3v) is 7.43. The van der Waals surface area contributed by atoms with Gasteiger partial charge in [-0.05, 0) is 67.1 Å². The van der Waals surface area contributed by atoms with Crippen molar-refractivity contribution in [1.29, 1.82) is 0 Å². The number of phenolic OH excluding ortho intramolecular Hbond substituents is 1. The van der Waals surface area contributed by atoms with Crippen LogP contribution in [0.15, 0.2) is 70.2 Å². The Morgan fingerprint density at radius 1 is 1.15 bits per heavy atom. The summed E-state index contributed by atoms with van der Waals surface area (Å²) >= 11 is 4.64. The number of amides is 1. The van der Waals surface area contributed by atoms with Crippen molar-refractivity contribution in [2.75, 3.05) is 17.1 Å². The topological polar surface area (TPSA) is 113 Å². The van der Waals surface area contributed by atoms with Crippen LogP contribution < -0.4 is 14.8 Å². The van der Waals surface area contributed by atoms with Crippen LogP contribution in [-0.4, -0.2) is 32.3 Å². The van der Waals surface area contributed by atoms with Gasteiger partial charge in [0.2, 0.25) is 0 Å². The molecule has 1 atom stereocenters. The van der Waals surface area contributed by atoms with Crippen LogP contribution in [0, 0.1) is 6.92 Å². The number of aromatic nitrogens is 2. The summed E-state index contributed by atoms with van der Waals surface area (Å²) in [4.78, 5) is 22.4. The molecule has 0 fully saturated rings. The first-order valence-electron chi connectivity index (χ1n) is 9.90. The lowest BCUT2D eigenvalue weighted by molar-refractivity contribution is 0.102. The van der Waals surface area contributed by atoms with Gasteiger partial charge in [-0.2, -0.15) is 0 Å². The number of hydrogen-bond donors (Lipinski definition) is 3. The summed E-state index contributed by atoms with van der Waals surface area (Å²) in [5.74, 6) is 0.219. The summed E-state index contributed by atoms with van der Waals surface area (Å²) < 4.78 is 22.1. The molecule has 174 valence electrons. The number of methoxy groups -OCH3 is 1. The van der Waals surface area contributed by atoms with Crippen molar-refractivity contribution >= 4 is 55.0 Å². The highest BCUT2D eigenvalue weighted by Crippen LogP contribution is 2.36. The summed E-state index contributed by atoms with van der Waals surface area (Å²) in [6.45, 7) is 1.84. The van der Waals surface area contributed by atoms with E-state index in [0.717, 1.165) is 20.6 Å². The first-order valence-corrected chi connectivity index (χ1v) is 12.7. The number of anilines is 2. The van der Waals surface area contributed by atoms with Crippen LogP contribution in [0.5, 0.6) is 11.5 Å². The molecule has 0 bridgehead atoms. The molecule has 0 radical (unpaired) electrons.